The molecule has 100 valence electrons. The van der Waals surface area contributed by atoms with Crippen LogP contribution in [0.25, 0.3) is 5.69 Å². The van der Waals surface area contributed by atoms with E-state index in [1.807, 2.05) is 28.9 Å². The van der Waals surface area contributed by atoms with Gasteiger partial charge in [0.2, 0.25) is 0 Å². The Morgan fingerprint density at radius 3 is 3.16 bits per heavy atom. The minimum absolute atomic E-state index is 0.352. The van der Waals surface area contributed by atoms with Crippen LogP contribution in [0.3, 0.4) is 0 Å². The van der Waals surface area contributed by atoms with E-state index in [1.54, 1.807) is 7.11 Å². The molecule has 1 unspecified atom stereocenters. The van der Waals surface area contributed by atoms with Gasteiger partial charge in [-0.2, -0.15) is 0 Å². The molecule has 2 N–H and O–H groups in total. The van der Waals surface area contributed by atoms with Crippen molar-refractivity contribution >= 4 is 0 Å². The van der Waals surface area contributed by atoms with E-state index in [2.05, 4.69) is 10.3 Å². The normalized spacial score (nSPS) is 18.1. The first-order valence-corrected chi connectivity index (χ1v) is 6.62. The van der Waals surface area contributed by atoms with E-state index in [-0.39, 0.29) is 0 Å². The van der Waals surface area contributed by atoms with Crippen LogP contribution in [0.5, 0.6) is 5.75 Å². The summed E-state index contributed by atoms with van der Waals surface area (Å²) in [5.41, 5.74) is 9.12. The minimum atomic E-state index is 0.352. The molecule has 1 atom stereocenters. The van der Waals surface area contributed by atoms with Crippen LogP contribution >= 0.6 is 0 Å². The monoisotopic (exact) mass is 258 g/mol. The number of methoxy groups -OCH3 is 1. The quantitative estimate of drug-likeness (QED) is 0.909. The molecule has 1 heterocycles. The Hall–Kier alpha value is -1.88. The first-order chi connectivity index (χ1) is 9.33. The maximum absolute atomic E-state index is 5.89. The predicted octanol–water partition coefficient (Wildman–Crippen LogP) is 1.65. The summed E-state index contributed by atoms with van der Waals surface area (Å²) >= 11 is 0. The van der Waals surface area contributed by atoms with Crippen LogP contribution in [0.4, 0.5) is 0 Å². The maximum Gasteiger partial charge on any atom is 0.121 e. The summed E-state index contributed by atoms with van der Waals surface area (Å²) in [6.45, 7) is 0.643. The van der Waals surface area contributed by atoms with Crippen molar-refractivity contribution < 1.29 is 4.74 Å². The molecule has 0 saturated carbocycles. The topological polar surface area (TPSA) is 66.0 Å². The third-order valence-corrected chi connectivity index (χ3v) is 3.71. The summed E-state index contributed by atoms with van der Waals surface area (Å²) in [7, 11) is 1.67. The van der Waals surface area contributed by atoms with E-state index in [9.17, 15) is 0 Å². The number of nitrogens with zero attached hydrogens (tertiary/aromatic N) is 3. The van der Waals surface area contributed by atoms with Gasteiger partial charge in [-0.3, -0.25) is 0 Å². The molecule has 3 rings (SSSR count). The molecule has 19 heavy (non-hydrogen) atoms. The Morgan fingerprint density at radius 1 is 1.47 bits per heavy atom. The fraction of sp³-hybridized carbons (Fsp3) is 0.429. The van der Waals surface area contributed by atoms with Crippen LogP contribution in [0, 0.1) is 0 Å². The van der Waals surface area contributed by atoms with Crippen molar-refractivity contribution in [3.05, 3.63) is 35.7 Å². The molecule has 0 amide bonds. The van der Waals surface area contributed by atoms with Gasteiger partial charge in [0.25, 0.3) is 0 Å². The molecule has 0 spiro atoms. The van der Waals surface area contributed by atoms with Crippen LogP contribution in [0.15, 0.2) is 24.3 Å². The third-order valence-electron chi connectivity index (χ3n) is 3.71. The van der Waals surface area contributed by atoms with Gasteiger partial charge in [-0.1, -0.05) is 11.3 Å². The highest BCUT2D eigenvalue weighted by Gasteiger charge is 2.26. The van der Waals surface area contributed by atoms with Crippen LogP contribution < -0.4 is 10.5 Å². The van der Waals surface area contributed by atoms with E-state index in [0.29, 0.717) is 12.5 Å². The number of hydrogen-bond donors (Lipinski definition) is 1. The minimum Gasteiger partial charge on any atom is -0.497 e. The van der Waals surface area contributed by atoms with Gasteiger partial charge in [0, 0.05) is 18.5 Å². The van der Waals surface area contributed by atoms with E-state index in [0.717, 1.165) is 36.4 Å². The second-order valence-corrected chi connectivity index (χ2v) is 4.86. The fourth-order valence-corrected chi connectivity index (χ4v) is 2.72. The molecule has 0 bridgehead atoms. The van der Waals surface area contributed by atoms with Gasteiger partial charge < -0.3 is 10.5 Å². The predicted molar refractivity (Wildman–Crippen MR) is 72.6 cm³/mol. The number of nitrogens with two attached hydrogens (primary N) is 1. The molecule has 0 radical (unpaired) electrons. The molecule has 0 aliphatic heterocycles. The Labute approximate surface area is 112 Å². The molecule has 5 heteroatoms. The summed E-state index contributed by atoms with van der Waals surface area (Å²) < 4.78 is 7.18. The molecule has 5 nitrogen and oxygen atoms in total. The van der Waals surface area contributed by atoms with Gasteiger partial charge in [-0.25, -0.2) is 4.68 Å². The van der Waals surface area contributed by atoms with E-state index in [4.69, 9.17) is 10.5 Å². The van der Waals surface area contributed by atoms with Crippen LogP contribution in [-0.2, 0) is 6.42 Å². The van der Waals surface area contributed by atoms with E-state index in [1.165, 1.54) is 5.69 Å². The van der Waals surface area contributed by atoms with Gasteiger partial charge in [-0.15, -0.1) is 5.10 Å². The lowest BCUT2D eigenvalue weighted by Gasteiger charge is -2.21. The number of aromatic nitrogens is 3. The second kappa shape index (κ2) is 5.01. The molecular formula is C14H18N4O. The Balaban J connectivity index is 2.08. The van der Waals surface area contributed by atoms with E-state index < -0.39 is 0 Å². The number of benzene rings is 1. The molecule has 1 aromatic heterocycles. The molecule has 2 aromatic rings. The van der Waals surface area contributed by atoms with Crippen LogP contribution in [-0.4, -0.2) is 28.6 Å². The highest BCUT2D eigenvalue weighted by molar-refractivity contribution is 5.41. The first-order valence-electron chi connectivity index (χ1n) is 6.62. The summed E-state index contributed by atoms with van der Waals surface area (Å²) in [6.07, 6.45) is 3.25. The largest absolute Gasteiger partial charge is 0.497 e. The van der Waals surface area contributed by atoms with Crippen molar-refractivity contribution in [1.29, 1.82) is 0 Å². The van der Waals surface area contributed by atoms with Gasteiger partial charge in [-0.05, 0) is 31.4 Å². The summed E-state index contributed by atoms with van der Waals surface area (Å²) in [6, 6.07) is 7.87. The Morgan fingerprint density at radius 2 is 2.37 bits per heavy atom. The average Bonchev–Trinajstić information content (AvgIpc) is 2.91. The highest BCUT2D eigenvalue weighted by Crippen LogP contribution is 2.31. The second-order valence-electron chi connectivity index (χ2n) is 4.86. The summed E-state index contributed by atoms with van der Waals surface area (Å²) in [4.78, 5) is 0. The number of aryl methyl sites for hydroxylation is 1. The number of fused-ring (bicyclic) bond motifs is 1. The highest BCUT2D eigenvalue weighted by atomic mass is 16.5. The van der Waals surface area contributed by atoms with Gasteiger partial charge in [0.15, 0.2) is 0 Å². The van der Waals surface area contributed by atoms with Crippen LogP contribution in [0.1, 0.15) is 30.1 Å². The molecule has 1 aliphatic carbocycles. The van der Waals surface area contributed by atoms with Gasteiger partial charge in [0.1, 0.15) is 5.75 Å². The van der Waals surface area contributed by atoms with E-state index >= 15 is 0 Å². The number of ether oxygens (including phenoxy) is 1. The third kappa shape index (κ3) is 2.10. The smallest absolute Gasteiger partial charge is 0.121 e. The van der Waals surface area contributed by atoms with Crippen molar-refractivity contribution in [1.82, 2.24) is 15.0 Å². The van der Waals surface area contributed by atoms with Gasteiger partial charge >= 0.3 is 0 Å². The van der Waals surface area contributed by atoms with Crippen molar-refractivity contribution in [2.45, 2.75) is 25.2 Å². The van der Waals surface area contributed by atoms with Gasteiger partial charge in [0.05, 0.1) is 24.2 Å². The zero-order valence-corrected chi connectivity index (χ0v) is 11.0. The van der Waals surface area contributed by atoms with Crippen molar-refractivity contribution in [2.75, 3.05) is 13.7 Å². The maximum atomic E-state index is 5.89. The fourth-order valence-electron chi connectivity index (χ4n) is 2.72. The lowest BCUT2D eigenvalue weighted by molar-refractivity contribution is 0.414. The molecule has 0 saturated heterocycles. The average molecular weight is 258 g/mol. The molecule has 0 fully saturated rings. The Kier molecular flexibility index (Phi) is 3.21. The molecular weight excluding hydrogens is 240 g/mol. The zero-order chi connectivity index (χ0) is 13.2. The van der Waals surface area contributed by atoms with Crippen molar-refractivity contribution in [3.63, 3.8) is 0 Å². The Bertz CT molecular complexity index is 579. The lowest BCUT2D eigenvalue weighted by Crippen LogP contribution is -2.21. The molecule has 1 aliphatic rings. The first kappa shape index (κ1) is 12.2. The summed E-state index contributed by atoms with van der Waals surface area (Å²) in [5.74, 6) is 1.17. The van der Waals surface area contributed by atoms with Crippen LogP contribution in [0.2, 0.25) is 0 Å². The summed E-state index contributed by atoms with van der Waals surface area (Å²) in [5, 5.41) is 8.60. The number of hydrogen-bond acceptors (Lipinski definition) is 4. The van der Waals surface area contributed by atoms with Crippen molar-refractivity contribution in [2.24, 2.45) is 5.73 Å². The number of rotatable bonds is 3. The standard InChI is InChI=1S/C14H18N4O/c1-19-12-6-3-5-11(8-12)18-14-10(9-15)4-2-7-13(14)16-17-18/h3,5-6,8,10H,2,4,7,9,15H2,1H3. The zero-order valence-electron chi connectivity index (χ0n) is 11.0. The molecule has 1 aromatic carbocycles. The SMILES string of the molecule is COc1cccc(-n2nnc3c2C(CN)CCC3)c1. The van der Waals surface area contributed by atoms with Crippen molar-refractivity contribution in [3.8, 4) is 11.4 Å². The lowest BCUT2D eigenvalue weighted by atomic mass is 9.89.